The molecule has 2 aromatic carbocycles. The number of aromatic nitrogens is 1. The van der Waals surface area contributed by atoms with Crippen LogP contribution in [0.2, 0.25) is 0 Å². The standard InChI is InChI=1S/C22H27N5S/c1-15(2)19-14-26(22-25-18-10-6-7-11-20(18)28-22)12-13-27(19)21(23)24-17-9-5-4-8-16(17)3/h4-11,15,19H,12-14H2,1-3H3,(H2,23,24). The third-order valence-electron chi connectivity index (χ3n) is 5.39. The van der Waals surface area contributed by atoms with Crippen molar-refractivity contribution in [2.45, 2.75) is 26.8 Å². The number of nitrogens with two attached hydrogens (primary N) is 1. The highest BCUT2D eigenvalue weighted by atomic mass is 32.1. The van der Waals surface area contributed by atoms with Crippen molar-refractivity contribution in [3.63, 3.8) is 0 Å². The van der Waals surface area contributed by atoms with Crippen molar-refractivity contribution in [2.75, 3.05) is 24.5 Å². The molecule has 1 saturated heterocycles. The lowest BCUT2D eigenvalue weighted by atomic mass is 10.00. The number of aliphatic imine (C=N–C) groups is 1. The van der Waals surface area contributed by atoms with Crippen LogP contribution in [-0.2, 0) is 0 Å². The van der Waals surface area contributed by atoms with Gasteiger partial charge in [-0.2, -0.15) is 0 Å². The molecule has 1 unspecified atom stereocenters. The fourth-order valence-electron chi connectivity index (χ4n) is 3.71. The van der Waals surface area contributed by atoms with Crippen molar-refractivity contribution in [3.8, 4) is 0 Å². The lowest BCUT2D eigenvalue weighted by molar-refractivity contribution is 0.222. The molecule has 2 N–H and O–H groups in total. The predicted molar refractivity (Wildman–Crippen MR) is 120 cm³/mol. The molecule has 3 aromatic rings. The average molecular weight is 394 g/mol. The summed E-state index contributed by atoms with van der Waals surface area (Å²) in [6.45, 7) is 9.22. The molecule has 1 aliphatic heterocycles. The molecule has 0 aliphatic carbocycles. The zero-order valence-corrected chi connectivity index (χ0v) is 17.5. The fourth-order valence-corrected chi connectivity index (χ4v) is 4.71. The summed E-state index contributed by atoms with van der Waals surface area (Å²) in [5.41, 5.74) is 9.62. The molecule has 4 rings (SSSR count). The first-order valence-electron chi connectivity index (χ1n) is 9.80. The van der Waals surface area contributed by atoms with E-state index in [0.29, 0.717) is 17.9 Å². The minimum atomic E-state index is 0.300. The van der Waals surface area contributed by atoms with Gasteiger partial charge < -0.3 is 15.5 Å². The molecular weight excluding hydrogens is 366 g/mol. The topological polar surface area (TPSA) is 57.8 Å². The Bertz CT molecular complexity index is 960. The van der Waals surface area contributed by atoms with Gasteiger partial charge in [0.15, 0.2) is 11.1 Å². The van der Waals surface area contributed by atoms with E-state index in [-0.39, 0.29) is 0 Å². The van der Waals surface area contributed by atoms with Gasteiger partial charge in [-0.05, 0) is 36.6 Å². The molecule has 0 saturated carbocycles. The minimum Gasteiger partial charge on any atom is -0.369 e. The average Bonchev–Trinajstić information content (AvgIpc) is 3.13. The van der Waals surface area contributed by atoms with Gasteiger partial charge in [-0.25, -0.2) is 9.98 Å². The Morgan fingerprint density at radius 3 is 2.64 bits per heavy atom. The molecule has 5 nitrogen and oxygen atoms in total. The van der Waals surface area contributed by atoms with E-state index >= 15 is 0 Å². The zero-order valence-electron chi connectivity index (χ0n) is 16.7. The summed E-state index contributed by atoms with van der Waals surface area (Å²) in [7, 11) is 0. The molecule has 1 aliphatic rings. The number of benzene rings is 2. The second-order valence-corrected chi connectivity index (χ2v) is 8.68. The van der Waals surface area contributed by atoms with Crippen LogP contribution in [0.25, 0.3) is 10.2 Å². The highest BCUT2D eigenvalue weighted by Gasteiger charge is 2.31. The van der Waals surface area contributed by atoms with Gasteiger partial charge in [-0.3, -0.25) is 0 Å². The molecule has 6 heteroatoms. The van der Waals surface area contributed by atoms with Gasteiger partial charge in [0.2, 0.25) is 0 Å². The lowest BCUT2D eigenvalue weighted by Crippen LogP contribution is -2.59. The van der Waals surface area contributed by atoms with Gasteiger partial charge in [0, 0.05) is 19.6 Å². The van der Waals surface area contributed by atoms with Crippen molar-refractivity contribution < 1.29 is 0 Å². The van der Waals surface area contributed by atoms with Gasteiger partial charge in [-0.1, -0.05) is 55.5 Å². The van der Waals surface area contributed by atoms with E-state index in [1.807, 2.05) is 24.3 Å². The zero-order chi connectivity index (χ0) is 19.7. The number of aryl methyl sites for hydroxylation is 1. The molecule has 0 bridgehead atoms. The molecule has 0 spiro atoms. The molecule has 2 heterocycles. The second kappa shape index (κ2) is 7.80. The maximum absolute atomic E-state index is 6.47. The number of para-hydroxylation sites is 2. The largest absolute Gasteiger partial charge is 0.369 e. The summed E-state index contributed by atoms with van der Waals surface area (Å²) in [5.74, 6) is 1.07. The molecule has 1 atom stereocenters. The van der Waals surface area contributed by atoms with E-state index in [2.05, 4.69) is 54.8 Å². The highest BCUT2D eigenvalue weighted by Crippen LogP contribution is 2.31. The van der Waals surface area contributed by atoms with Crippen LogP contribution in [0.1, 0.15) is 19.4 Å². The van der Waals surface area contributed by atoms with E-state index < -0.39 is 0 Å². The van der Waals surface area contributed by atoms with Gasteiger partial charge in [0.05, 0.1) is 21.9 Å². The summed E-state index contributed by atoms with van der Waals surface area (Å²) < 4.78 is 1.24. The summed E-state index contributed by atoms with van der Waals surface area (Å²) in [5, 5.41) is 1.10. The van der Waals surface area contributed by atoms with E-state index in [9.17, 15) is 0 Å². The Hall–Kier alpha value is -2.60. The van der Waals surface area contributed by atoms with Crippen molar-refractivity contribution in [1.29, 1.82) is 0 Å². The van der Waals surface area contributed by atoms with E-state index in [0.717, 1.165) is 41.5 Å². The van der Waals surface area contributed by atoms with Gasteiger partial charge >= 0.3 is 0 Å². The smallest absolute Gasteiger partial charge is 0.196 e. The Labute approximate surface area is 170 Å². The fraction of sp³-hybridized carbons (Fsp3) is 0.364. The summed E-state index contributed by atoms with van der Waals surface area (Å²) in [4.78, 5) is 14.2. The van der Waals surface area contributed by atoms with Crippen LogP contribution >= 0.6 is 11.3 Å². The SMILES string of the molecule is Cc1ccccc1N=C(N)N1CCN(c2nc3ccccc3s2)CC1C(C)C. The van der Waals surface area contributed by atoms with Crippen LogP contribution in [0, 0.1) is 12.8 Å². The first-order chi connectivity index (χ1) is 13.5. The van der Waals surface area contributed by atoms with E-state index in [1.165, 1.54) is 4.70 Å². The first kappa shape index (κ1) is 18.7. The Morgan fingerprint density at radius 2 is 1.89 bits per heavy atom. The van der Waals surface area contributed by atoms with Crippen molar-refractivity contribution >= 4 is 38.3 Å². The molecule has 28 heavy (non-hydrogen) atoms. The number of thiazole rings is 1. The number of piperazine rings is 1. The van der Waals surface area contributed by atoms with Crippen LogP contribution in [0.5, 0.6) is 0 Å². The Kier molecular flexibility index (Phi) is 5.22. The monoisotopic (exact) mass is 393 g/mol. The molecular formula is C22H27N5S. The third-order valence-corrected chi connectivity index (χ3v) is 6.48. The number of hydrogen-bond acceptors (Lipinski definition) is 4. The third kappa shape index (κ3) is 3.69. The number of rotatable bonds is 3. The van der Waals surface area contributed by atoms with Crippen LogP contribution in [0.4, 0.5) is 10.8 Å². The molecule has 0 amide bonds. The molecule has 1 fully saturated rings. The van der Waals surface area contributed by atoms with Gasteiger partial charge in [0.25, 0.3) is 0 Å². The lowest BCUT2D eigenvalue weighted by Gasteiger charge is -2.43. The summed E-state index contributed by atoms with van der Waals surface area (Å²) in [6.07, 6.45) is 0. The van der Waals surface area contributed by atoms with Crippen molar-refractivity contribution in [1.82, 2.24) is 9.88 Å². The quantitative estimate of drug-likeness (QED) is 0.529. The minimum absolute atomic E-state index is 0.300. The Morgan fingerprint density at radius 1 is 1.14 bits per heavy atom. The van der Waals surface area contributed by atoms with Crippen LogP contribution in [0.3, 0.4) is 0 Å². The molecule has 1 aromatic heterocycles. The van der Waals surface area contributed by atoms with Crippen LogP contribution in [0.15, 0.2) is 53.5 Å². The van der Waals surface area contributed by atoms with E-state index in [4.69, 9.17) is 15.7 Å². The molecule has 0 radical (unpaired) electrons. The van der Waals surface area contributed by atoms with Crippen LogP contribution in [-0.4, -0.2) is 41.5 Å². The molecule has 146 valence electrons. The second-order valence-electron chi connectivity index (χ2n) is 7.67. The maximum Gasteiger partial charge on any atom is 0.196 e. The Balaban J connectivity index is 1.57. The van der Waals surface area contributed by atoms with Crippen molar-refractivity contribution in [2.24, 2.45) is 16.6 Å². The maximum atomic E-state index is 6.47. The predicted octanol–water partition coefficient (Wildman–Crippen LogP) is 4.40. The normalized spacial score (nSPS) is 18.3. The van der Waals surface area contributed by atoms with Crippen LogP contribution < -0.4 is 10.6 Å². The van der Waals surface area contributed by atoms with Crippen molar-refractivity contribution in [3.05, 3.63) is 54.1 Å². The number of nitrogens with zero attached hydrogens (tertiary/aromatic N) is 4. The number of hydrogen-bond donors (Lipinski definition) is 1. The summed E-state index contributed by atoms with van der Waals surface area (Å²) >= 11 is 1.77. The number of anilines is 1. The highest BCUT2D eigenvalue weighted by molar-refractivity contribution is 7.22. The van der Waals surface area contributed by atoms with Gasteiger partial charge in [0.1, 0.15) is 0 Å². The number of guanidine groups is 1. The number of fused-ring (bicyclic) bond motifs is 1. The van der Waals surface area contributed by atoms with E-state index in [1.54, 1.807) is 11.3 Å². The first-order valence-corrected chi connectivity index (χ1v) is 10.6. The van der Waals surface area contributed by atoms with Gasteiger partial charge in [-0.15, -0.1) is 0 Å². The summed E-state index contributed by atoms with van der Waals surface area (Å²) in [6, 6.07) is 16.8.